The number of carbonyl (C=O) groups excluding carboxylic acids is 9. The molecule has 16 N–H and O–H groups in total. The van der Waals surface area contributed by atoms with Crippen molar-refractivity contribution in [1.29, 1.82) is 0 Å². The van der Waals surface area contributed by atoms with Crippen molar-refractivity contribution in [1.82, 2.24) is 61.8 Å². The maximum absolute atomic E-state index is 15.6. The number of fused-ring (bicyclic) bond motifs is 5. The number of cyclic esters (lactones) is 1. The first kappa shape index (κ1) is 113. The number of aryl methyl sites for hydroxylation is 2. The highest BCUT2D eigenvalue weighted by atomic mass is 19.1. The van der Waals surface area contributed by atoms with Crippen molar-refractivity contribution >= 4 is 70.3 Å². The van der Waals surface area contributed by atoms with Gasteiger partial charge in [0.25, 0.3) is 5.56 Å². The molecule has 0 spiro atoms. The van der Waals surface area contributed by atoms with Crippen molar-refractivity contribution in [3.05, 3.63) is 103 Å². The van der Waals surface area contributed by atoms with Gasteiger partial charge in [-0.1, -0.05) is 38.1 Å². The second kappa shape index (κ2) is 60.0. The van der Waals surface area contributed by atoms with Crippen molar-refractivity contribution in [3.63, 3.8) is 0 Å². The number of rotatable bonds is 69. The minimum atomic E-state index is -2.07. The Morgan fingerprint density at radius 3 is 1.72 bits per heavy atom. The average Bonchev–Trinajstić information content (AvgIpc) is 1.54. The standard InChI is InChI=1S/C92H139FN14O31/c1-8-92(123)66-50-72-80-64(54-106(72)86(118)65(66)57-136-87(92)119)78-68(20-19-63-59(4)67(93)51-71(100-80)77(63)78)102-89(121)137-56-60-14-16-61(17-15-60)99-83(115)69(13-11-24-96-88(94)120)101-85(117)79(58(2)3)104-84(116)70(103-90(122)138-91(5,6)7)12-9-10-23-95-76(112)22-26-124-28-30-126-32-34-128-36-38-130-40-42-132-44-46-134-48-49-135-47-45-133-43-41-131-39-37-129-35-33-127-31-29-125-27-25-107-62(52-98-105-107)18-21-75(111)97-53-73(109)81(113)82(114)74(110)55-108/h14-17,50-52,58,68-70,73-74,79,81-82,108-110,113-114,123H,8-13,18-49,53-57H2,1-7H3,(H,95,112)(H,97,111)(H,99,115)(H,101,117)(H,102,121)(H,103,122)(H,104,116)(H3,94,96,120)/t68-,69-,70-,73-,74?,79-,81+,82+,92-/m0/s1. The molecule has 3 aromatic heterocycles. The minimum absolute atomic E-state index is 0.00493. The topological polar surface area (TPSA) is 601 Å². The van der Waals surface area contributed by atoms with Crippen LogP contribution in [0.3, 0.4) is 0 Å². The molecule has 9 atom stereocenters. The van der Waals surface area contributed by atoms with Crippen molar-refractivity contribution in [2.75, 3.05) is 190 Å². The lowest BCUT2D eigenvalue weighted by Gasteiger charge is -2.31. The number of halogens is 1. The second-order valence-electron chi connectivity index (χ2n) is 34.2. The summed E-state index contributed by atoms with van der Waals surface area (Å²) in [6.45, 7) is 19.4. The van der Waals surface area contributed by atoms with Gasteiger partial charge >= 0.3 is 24.2 Å². The van der Waals surface area contributed by atoms with Crippen molar-refractivity contribution in [3.8, 4) is 11.4 Å². The van der Waals surface area contributed by atoms with Gasteiger partial charge in [-0.15, -0.1) is 5.10 Å². The molecule has 138 heavy (non-hydrogen) atoms. The third kappa shape index (κ3) is 37.4. The van der Waals surface area contributed by atoms with Crippen LogP contribution in [0.1, 0.15) is 150 Å². The molecule has 3 aliphatic rings. The van der Waals surface area contributed by atoms with Gasteiger partial charge in [0.1, 0.15) is 61.1 Å². The van der Waals surface area contributed by atoms with Gasteiger partial charge in [-0.05, 0) is 132 Å². The Balaban J connectivity index is 0.607. The zero-order valence-electron chi connectivity index (χ0n) is 79.7. The van der Waals surface area contributed by atoms with Crippen LogP contribution in [-0.4, -0.2) is 342 Å². The Morgan fingerprint density at radius 1 is 0.630 bits per heavy atom. The monoisotopic (exact) mass is 1950 g/mol. The van der Waals surface area contributed by atoms with Gasteiger partial charge in [0, 0.05) is 60.7 Å². The molecule has 0 saturated heterocycles. The number of aliphatic hydroxyl groups excluding tert-OH is 5. The summed E-state index contributed by atoms with van der Waals surface area (Å²) in [5, 5.41) is 89.7. The van der Waals surface area contributed by atoms with Gasteiger partial charge in [-0.3, -0.25) is 28.8 Å². The Kier molecular flexibility index (Phi) is 49.2. The Hall–Kier alpha value is -10.2. The molecule has 0 radical (unpaired) electrons. The fraction of sp³-hybridized carbons (Fsp3) is 0.663. The summed E-state index contributed by atoms with van der Waals surface area (Å²) < 4.78 is 102. The summed E-state index contributed by atoms with van der Waals surface area (Å²) >= 11 is 0. The molecule has 1 aliphatic carbocycles. The number of alkyl carbamates (subject to hydrolysis) is 2. The molecule has 45 nitrogen and oxygen atoms in total. The molecule has 2 aliphatic heterocycles. The summed E-state index contributed by atoms with van der Waals surface area (Å²) in [6.07, 6.45) is -4.80. The summed E-state index contributed by atoms with van der Waals surface area (Å²) in [5.41, 5.74) is 6.94. The first-order chi connectivity index (χ1) is 66.3. The number of hydrogen-bond acceptors (Lipinski definition) is 34. The smallest absolute Gasteiger partial charge is 0.408 e. The molecule has 0 saturated carbocycles. The number of nitrogens with two attached hydrogens (primary N) is 1. The molecular weight excluding hydrogens is 1820 g/mol. The van der Waals surface area contributed by atoms with E-state index >= 15 is 4.39 Å². The minimum Gasteiger partial charge on any atom is -0.458 e. The highest BCUT2D eigenvalue weighted by molar-refractivity contribution is 5.99. The van der Waals surface area contributed by atoms with Gasteiger partial charge < -0.3 is 155 Å². The van der Waals surface area contributed by atoms with E-state index in [9.17, 15) is 73.5 Å². The number of primary amides is 1. The van der Waals surface area contributed by atoms with E-state index in [1.807, 2.05) is 0 Å². The third-order valence-corrected chi connectivity index (χ3v) is 22.5. The number of unbranched alkanes of at least 4 members (excludes halogenated alkanes) is 1. The van der Waals surface area contributed by atoms with Crippen LogP contribution < -0.4 is 53.8 Å². The van der Waals surface area contributed by atoms with E-state index in [1.165, 1.54) is 16.8 Å². The number of urea groups is 1. The number of nitrogens with zero attached hydrogens (tertiary/aromatic N) is 5. The van der Waals surface area contributed by atoms with E-state index in [4.69, 9.17) is 86.9 Å². The van der Waals surface area contributed by atoms with Crippen molar-refractivity contribution in [2.45, 2.75) is 205 Å². The van der Waals surface area contributed by atoms with Crippen molar-refractivity contribution < 1.29 is 149 Å². The van der Waals surface area contributed by atoms with Gasteiger partial charge in [-0.25, -0.2) is 33.2 Å². The number of esters is 1. The average molecular weight is 1960 g/mol. The van der Waals surface area contributed by atoms with E-state index in [0.29, 0.717) is 239 Å². The molecule has 770 valence electrons. The number of carbonyl (C=O) groups is 9. The summed E-state index contributed by atoms with van der Waals surface area (Å²) in [4.78, 5) is 138. The number of amides is 9. The van der Waals surface area contributed by atoms with E-state index < -0.39 is 132 Å². The van der Waals surface area contributed by atoms with Crippen LogP contribution in [0.25, 0.3) is 22.3 Å². The van der Waals surface area contributed by atoms with Crippen LogP contribution in [0.15, 0.2) is 47.4 Å². The number of ether oxygens (including phenoxy) is 15. The van der Waals surface area contributed by atoms with Crippen molar-refractivity contribution in [2.24, 2.45) is 11.7 Å². The third-order valence-electron chi connectivity index (χ3n) is 22.5. The van der Waals surface area contributed by atoms with Crippen LogP contribution in [0.5, 0.6) is 0 Å². The molecule has 0 bridgehead atoms. The fourth-order valence-electron chi connectivity index (χ4n) is 15.0. The highest BCUT2D eigenvalue weighted by Crippen LogP contribution is 2.46. The molecule has 2 aromatic carbocycles. The normalized spacial score (nSPS) is 15.8. The lowest BCUT2D eigenvalue weighted by Crippen LogP contribution is -2.58. The lowest BCUT2D eigenvalue weighted by atomic mass is 9.81. The molecule has 9 amide bonds. The number of hydrogen-bond donors (Lipinski definition) is 15. The number of nitrogens with one attached hydrogen (secondary N) is 8. The number of aromatic nitrogens is 5. The quantitative estimate of drug-likeness (QED) is 0.0144. The molecule has 5 aromatic rings. The predicted molar refractivity (Wildman–Crippen MR) is 491 cm³/mol. The fourth-order valence-corrected chi connectivity index (χ4v) is 15.0. The van der Waals surface area contributed by atoms with Crippen LogP contribution >= 0.6 is 0 Å². The molecule has 0 fully saturated rings. The first-order valence-corrected chi connectivity index (χ1v) is 46.8. The predicted octanol–water partition coefficient (Wildman–Crippen LogP) is 0.999. The van der Waals surface area contributed by atoms with Crippen LogP contribution in [0.4, 0.5) is 24.5 Å². The summed E-state index contributed by atoms with van der Waals surface area (Å²) in [6, 6.07) is 4.11. The largest absolute Gasteiger partial charge is 0.458 e. The molecule has 46 heteroatoms. The Morgan fingerprint density at radius 2 is 1.17 bits per heavy atom. The van der Waals surface area contributed by atoms with Gasteiger partial charge in [0.15, 0.2) is 5.60 Å². The Bertz CT molecular complexity index is 4720. The number of benzene rings is 2. The first-order valence-electron chi connectivity index (χ1n) is 46.8. The van der Waals surface area contributed by atoms with Crippen LogP contribution in [-0.2, 0) is 145 Å². The van der Waals surface area contributed by atoms with Gasteiger partial charge in [-0.2, -0.15) is 0 Å². The van der Waals surface area contributed by atoms with E-state index in [1.54, 1.807) is 83.5 Å². The van der Waals surface area contributed by atoms with Crippen LogP contribution in [0.2, 0.25) is 0 Å². The number of pyridine rings is 2. The lowest BCUT2D eigenvalue weighted by molar-refractivity contribution is -0.172. The Labute approximate surface area is 799 Å². The molecular formula is C92H139FN14O31. The summed E-state index contributed by atoms with van der Waals surface area (Å²) in [5.74, 6) is -4.68. The molecule has 1 unspecified atom stereocenters. The number of aliphatic hydroxyl groups is 6. The maximum atomic E-state index is 15.6. The molecule has 8 rings (SSSR count). The molecule has 5 heterocycles. The second-order valence-corrected chi connectivity index (χ2v) is 34.2. The van der Waals surface area contributed by atoms with E-state index in [-0.39, 0.29) is 115 Å². The van der Waals surface area contributed by atoms with Crippen LogP contribution in [0, 0.1) is 18.7 Å². The van der Waals surface area contributed by atoms with Gasteiger partial charge in [0.05, 0.1) is 225 Å². The van der Waals surface area contributed by atoms with E-state index in [2.05, 4.69) is 52.8 Å². The maximum Gasteiger partial charge on any atom is 0.408 e. The zero-order valence-corrected chi connectivity index (χ0v) is 79.7. The van der Waals surface area contributed by atoms with E-state index in [0.717, 1.165) is 0 Å². The SMILES string of the molecule is CC[C@@]1(O)C(=O)OCc2c1cc1n(c2=O)Cc2c-1nc1cc(F)c(C)c3c1c2[C@@H](NC(=O)OCc1ccc(NC(=O)[C@H](CCCNC(N)=O)NC(=O)[C@@H](NC(=O)[C@H](CCCCNC(=O)CCOCCOCCOCCOCCOCCOCCOCCOCCOCCOCCOCCOCCn2nncc2CCC(=O)NC[C@H](O)[C@@H](O)[C@H](O)C(O)CO)NC(=O)OC(C)(C)C)C(C)C)cc1)CC3. The summed E-state index contributed by atoms with van der Waals surface area (Å²) in [7, 11) is 0. The highest BCUT2D eigenvalue weighted by Gasteiger charge is 2.47. The zero-order chi connectivity index (χ0) is 99.9. The number of anilines is 1. The van der Waals surface area contributed by atoms with Gasteiger partial charge in [0.2, 0.25) is 29.5 Å².